The molecule has 0 unspecified atom stereocenters. The van der Waals surface area contributed by atoms with E-state index in [2.05, 4.69) is 26.0 Å². The van der Waals surface area contributed by atoms with Crippen molar-refractivity contribution in [2.24, 2.45) is 0 Å². The van der Waals surface area contributed by atoms with Crippen molar-refractivity contribution >= 4 is 0 Å². The van der Waals surface area contributed by atoms with Crippen LogP contribution in [0.15, 0.2) is 64.8 Å². The van der Waals surface area contributed by atoms with Crippen LogP contribution in [0.3, 0.4) is 0 Å². The lowest BCUT2D eigenvalue weighted by atomic mass is 10.1. The Balaban J connectivity index is 0. The molecule has 152 valence electrons. The van der Waals surface area contributed by atoms with Gasteiger partial charge in [-0.25, -0.2) is 4.39 Å². The third kappa shape index (κ3) is 12.0. The van der Waals surface area contributed by atoms with Crippen molar-refractivity contribution in [1.29, 1.82) is 0 Å². The summed E-state index contributed by atoms with van der Waals surface area (Å²) in [7, 11) is 0. The summed E-state index contributed by atoms with van der Waals surface area (Å²) in [6.07, 6.45) is 8.06. The maximum atomic E-state index is 13.5. The Hall–Kier alpha value is -2.16. The molecule has 0 heterocycles. The Kier molecular flexibility index (Phi) is 16.1. The molecule has 0 bridgehead atoms. The van der Waals surface area contributed by atoms with Crippen LogP contribution in [0.5, 0.6) is 5.75 Å². The molecular formula is C24H36F2O. The van der Waals surface area contributed by atoms with E-state index >= 15 is 0 Å². The van der Waals surface area contributed by atoms with Crippen LogP contribution in [0.25, 0.3) is 0 Å². The predicted molar refractivity (Wildman–Crippen MR) is 115 cm³/mol. The molecule has 0 spiro atoms. The third-order valence-electron chi connectivity index (χ3n) is 3.28. The first kappa shape index (κ1) is 27.1. The van der Waals surface area contributed by atoms with Crippen molar-refractivity contribution in [1.82, 2.24) is 0 Å². The van der Waals surface area contributed by atoms with Gasteiger partial charge in [-0.1, -0.05) is 63.6 Å². The van der Waals surface area contributed by atoms with Crippen molar-refractivity contribution in [2.45, 2.75) is 62.3 Å². The minimum Gasteiger partial charge on any atom is -0.486 e. The van der Waals surface area contributed by atoms with Gasteiger partial charge in [0.05, 0.1) is 0 Å². The van der Waals surface area contributed by atoms with E-state index in [0.717, 1.165) is 17.2 Å². The Morgan fingerprint density at radius 1 is 0.815 bits per heavy atom. The van der Waals surface area contributed by atoms with Gasteiger partial charge in [0.2, 0.25) is 5.82 Å². The summed E-state index contributed by atoms with van der Waals surface area (Å²) in [5.74, 6) is -1.93. The maximum Gasteiger partial charge on any atom is 0.200 e. The zero-order valence-electron chi connectivity index (χ0n) is 18.4. The summed E-state index contributed by atoms with van der Waals surface area (Å²) >= 11 is 0. The second-order valence-corrected chi connectivity index (χ2v) is 5.80. The highest BCUT2D eigenvalue weighted by atomic mass is 19.2. The minimum absolute atomic E-state index is 0.0712. The molecule has 0 saturated carbocycles. The Morgan fingerprint density at radius 3 is 1.85 bits per heavy atom. The van der Waals surface area contributed by atoms with E-state index in [1.807, 2.05) is 60.6 Å². The van der Waals surface area contributed by atoms with Gasteiger partial charge >= 0.3 is 0 Å². The first-order chi connectivity index (χ1) is 12.8. The summed E-state index contributed by atoms with van der Waals surface area (Å²) in [6, 6.07) is 3.91. The summed E-state index contributed by atoms with van der Waals surface area (Å²) < 4.78 is 31.9. The molecule has 0 aromatic heterocycles. The van der Waals surface area contributed by atoms with E-state index in [1.165, 1.54) is 23.3 Å². The summed E-state index contributed by atoms with van der Waals surface area (Å²) in [6.45, 7) is 18.3. The number of allylic oxidation sites excluding steroid dienone is 7. The molecule has 0 N–H and O–H groups in total. The van der Waals surface area contributed by atoms with Crippen molar-refractivity contribution in [2.75, 3.05) is 6.61 Å². The third-order valence-corrected chi connectivity index (χ3v) is 3.28. The van der Waals surface area contributed by atoms with Crippen LogP contribution in [-0.4, -0.2) is 6.61 Å². The van der Waals surface area contributed by atoms with Crippen LogP contribution in [-0.2, 0) is 0 Å². The van der Waals surface area contributed by atoms with Crippen molar-refractivity contribution in [3.05, 3.63) is 76.4 Å². The monoisotopic (exact) mass is 378 g/mol. The molecule has 1 aromatic carbocycles. The first-order valence-electron chi connectivity index (χ1n) is 9.54. The van der Waals surface area contributed by atoms with E-state index in [0.29, 0.717) is 0 Å². The molecule has 3 heteroatoms. The molecule has 1 rings (SSSR count). The molecule has 0 atom stereocenters. The van der Waals surface area contributed by atoms with Gasteiger partial charge in [0.25, 0.3) is 0 Å². The second-order valence-electron chi connectivity index (χ2n) is 5.80. The fourth-order valence-corrected chi connectivity index (χ4v) is 1.66. The van der Waals surface area contributed by atoms with Gasteiger partial charge in [0.1, 0.15) is 6.61 Å². The van der Waals surface area contributed by atoms with E-state index in [9.17, 15) is 8.78 Å². The van der Waals surface area contributed by atoms with E-state index in [-0.39, 0.29) is 12.4 Å². The summed E-state index contributed by atoms with van der Waals surface area (Å²) in [5.41, 5.74) is 4.48. The molecule has 1 nitrogen and oxygen atoms in total. The number of halogens is 2. The predicted octanol–water partition coefficient (Wildman–Crippen LogP) is 8.20. The number of benzene rings is 1. The van der Waals surface area contributed by atoms with Gasteiger partial charge in [0.15, 0.2) is 11.6 Å². The lowest BCUT2D eigenvalue weighted by Crippen LogP contribution is -2.01. The van der Waals surface area contributed by atoms with Crippen molar-refractivity contribution < 1.29 is 13.5 Å². The highest BCUT2D eigenvalue weighted by Gasteiger charge is 2.08. The number of hydrogen-bond acceptors (Lipinski definition) is 1. The smallest absolute Gasteiger partial charge is 0.200 e. The normalized spacial score (nSPS) is 11.6. The zero-order chi connectivity index (χ0) is 21.4. The van der Waals surface area contributed by atoms with Gasteiger partial charge in [-0.3, -0.25) is 0 Å². The molecule has 0 aliphatic heterocycles. The fraction of sp³-hybridized carbons (Fsp3) is 0.417. The van der Waals surface area contributed by atoms with Crippen LogP contribution < -0.4 is 4.74 Å². The van der Waals surface area contributed by atoms with Crippen molar-refractivity contribution in [3.8, 4) is 5.75 Å². The molecule has 0 aliphatic carbocycles. The Morgan fingerprint density at radius 2 is 1.33 bits per heavy atom. The second kappa shape index (κ2) is 16.0. The van der Waals surface area contributed by atoms with Gasteiger partial charge in [-0.05, 0) is 63.5 Å². The molecule has 0 saturated heterocycles. The first-order valence-corrected chi connectivity index (χ1v) is 9.54. The van der Waals surface area contributed by atoms with Crippen LogP contribution in [0.1, 0.15) is 62.3 Å². The summed E-state index contributed by atoms with van der Waals surface area (Å²) in [5, 5.41) is 0. The Bertz CT molecular complexity index is 661. The zero-order valence-corrected chi connectivity index (χ0v) is 18.4. The standard InChI is InChI=1S/C20H24F2O.2C2H6/c1-14(2)9-11-16(4)17(5)12-10-15(3)13-23-19-8-6-7-18(21)20(19)22;2*1-2/h6-12H,13H2,1-5H3;2*1-2H3/b15-10+,16-11+,17-12+;;. The lowest BCUT2D eigenvalue weighted by molar-refractivity contribution is 0.324. The molecule has 0 radical (unpaired) electrons. The average molecular weight is 379 g/mol. The largest absolute Gasteiger partial charge is 0.486 e. The lowest BCUT2D eigenvalue weighted by Gasteiger charge is -2.07. The molecule has 27 heavy (non-hydrogen) atoms. The topological polar surface area (TPSA) is 9.23 Å². The van der Waals surface area contributed by atoms with Gasteiger partial charge in [-0.15, -0.1) is 0 Å². The van der Waals surface area contributed by atoms with Crippen LogP contribution in [0.4, 0.5) is 8.78 Å². The van der Waals surface area contributed by atoms with E-state index in [4.69, 9.17) is 4.74 Å². The quantitative estimate of drug-likeness (QED) is 0.453. The average Bonchev–Trinajstić information content (AvgIpc) is 2.68. The highest BCUT2D eigenvalue weighted by molar-refractivity contribution is 5.34. The number of rotatable bonds is 6. The molecular weight excluding hydrogens is 342 g/mol. The molecule has 0 aliphatic rings. The molecule has 0 amide bonds. The summed E-state index contributed by atoms with van der Waals surface area (Å²) in [4.78, 5) is 0. The maximum absolute atomic E-state index is 13.5. The minimum atomic E-state index is -0.951. The van der Waals surface area contributed by atoms with Crippen molar-refractivity contribution in [3.63, 3.8) is 0 Å². The number of ether oxygens (including phenoxy) is 1. The molecule has 1 aromatic rings. The van der Waals surface area contributed by atoms with Gasteiger partial charge in [-0.2, -0.15) is 4.39 Å². The SMILES string of the molecule is CC.CC.CC(C)=C/C=C(C)/C(C)=C/C=C(\C)COc1cccc(F)c1F. The van der Waals surface area contributed by atoms with Gasteiger partial charge in [0, 0.05) is 0 Å². The van der Waals surface area contributed by atoms with Crippen LogP contribution in [0, 0.1) is 11.6 Å². The van der Waals surface area contributed by atoms with Gasteiger partial charge < -0.3 is 4.74 Å². The van der Waals surface area contributed by atoms with Crippen LogP contribution >= 0.6 is 0 Å². The Labute approximate surface area is 165 Å². The number of hydrogen-bond donors (Lipinski definition) is 0. The fourth-order valence-electron chi connectivity index (χ4n) is 1.66. The van der Waals surface area contributed by atoms with E-state index < -0.39 is 11.6 Å². The van der Waals surface area contributed by atoms with Crippen LogP contribution in [0.2, 0.25) is 0 Å². The highest BCUT2D eigenvalue weighted by Crippen LogP contribution is 2.19. The van der Waals surface area contributed by atoms with E-state index in [1.54, 1.807) is 0 Å². The molecule has 0 fully saturated rings.